The largest absolute Gasteiger partial charge is 0.159 e. The number of hydrogen-bond acceptors (Lipinski definition) is 4. The van der Waals surface area contributed by atoms with Crippen molar-refractivity contribution < 1.29 is 0 Å². The molecule has 0 N–H and O–H groups in total. The SMILES string of the molecule is c1cc2c(ccc3ccnnc32)nn1. The minimum Gasteiger partial charge on any atom is -0.159 e. The van der Waals surface area contributed by atoms with Crippen molar-refractivity contribution in [2.24, 2.45) is 0 Å². The summed E-state index contributed by atoms with van der Waals surface area (Å²) in [5, 5.41) is 17.9. The highest BCUT2D eigenvalue weighted by atomic mass is 15.1. The van der Waals surface area contributed by atoms with Crippen molar-refractivity contribution in [2.45, 2.75) is 0 Å². The Balaban J connectivity index is 2.61. The van der Waals surface area contributed by atoms with Gasteiger partial charge in [0.25, 0.3) is 0 Å². The van der Waals surface area contributed by atoms with Gasteiger partial charge in [-0.05, 0) is 18.2 Å². The molecule has 0 fully saturated rings. The van der Waals surface area contributed by atoms with E-state index in [9.17, 15) is 0 Å². The first kappa shape index (κ1) is 7.32. The molecule has 0 saturated heterocycles. The number of fused-ring (bicyclic) bond motifs is 3. The van der Waals surface area contributed by atoms with Crippen molar-refractivity contribution in [3.05, 3.63) is 36.7 Å². The molecular weight excluding hydrogens is 176 g/mol. The predicted octanol–water partition coefficient (Wildman–Crippen LogP) is 1.57. The van der Waals surface area contributed by atoms with Gasteiger partial charge in [0.2, 0.25) is 0 Å². The Morgan fingerprint density at radius 2 is 1.64 bits per heavy atom. The van der Waals surface area contributed by atoms with Crippen LogP contribution < -0.4 is 0 Å². The summed E-state index contributed by atoms with van der Waals surface area (Å²) in [5.41, 5.74) is 1.72. The standard InChI is InChI=1S/C10H6N4/c1-2-9-8(4-6-11-13-9)10-7(1)3-5-12-14-10/h1-6H. The van der Waals surface area contributed by atoms with E-state index in [0.717, 1.165) is 21.8 Å². The quantitative estimate of drug-likeness (QED) is 0.495. The zero-order valence-corrected chi connectivity index (χ0v) is 7.25. The number of rotatable bonds is 0. The van der Waals surface area contributed by atoms with Gasteiger partial charge >= 0.3 is 0 Å². The van der Waals surface area contributed by atoms with E-state index in [1.54, 1.807) is 12.4 Å². The van der Waals surface area contributed by atoms with Gasteiger partial charge in [-0.15, -0.1) is 5.10 Å². The summed E-state index contributed by atoms with van der Waals surface area (Å²) in [5.74, 6) is 0. The van der Waals surface area contributed by atoms with Crippen LogP contribution in [0.15, 0.2) is 36.7 Å². The van der Waals surface area contributed by atoms with E-state index in [-0.39, 0.29) is 0 Å². The van der Waals surface area contributed by atoms with E-state index in [0.29, 0.717) is 0 Å². The van der Waals surface area contributed by atoms with Crippen LogP contribution >= 0.6 is 0 Å². The van der Waals surface area contributed by atoms with Crippen LogP contribution in [0.2, 0.25) is 0 Å². The Labute approximate surface area is 79.6 Å². The molecule has 0 aliphatic carbocycles. The highest BCUT2D eigenvalue weighted by Gasteiger charge is 2.01. The Kier molecular flexibility index (Phi) is 1.41. The molecule has 66 valence electrons. The van der Waals surface area contributed by atoms with Crippen LogP contribution in [0.25, 0.3) is 21.8 Å². The molecule has 0 atom stereocenters. The van der Waals surface area contributed by atoms with E-state index in [1.165, 1.54) is 0 Å². The van der Waals surface area contributed by atoms with Crippen LogP contribution in [0.1, 0.15) is 0 Å². The molecule has 0 aliphatic rings. The maximum Gasteiger partial charge on any atom is 0.102 e. The number of hydrogen-bond donors (Lipinski definition) is 0. The highest BCUT2D eigenvalue weighted by molar-refractivity contribution is 6.02. The molecule has 2 heterocycles. The van der Waals surface area contributed by atoms with Crippen LogP contribution in [-0.4, -0.2) is 20.4 Å². The normalized spacial score (nSPS) is 10.9. The molecule has 4 heteroatoms. The molecule has 14 heavy (non-hydrogen) atoms. The molecule has 0 amide bonds. The first-order valence-corrected chi connectivity index (χ1v) is 4.27. The second kappa shape index (κ2) is 2.70. The summed E-state index contributed by atoms with van der Waals surface area (Å²) in [4.78, 5) is 0. The fourth-order valence-electron chi connectivity index (χ4n) is 1.52. The van der Waals surface area contributed by atoms with Crippen LogP contribution in [-0.2, 0) is 0 Å². The summed E-state index contributed by atoms with van der Waals surface area (Å²) < 4.78 is 0. The van der Waals surface area contributed by atoms with E-state index < -0.39 is 0 Å². The van der Waals surface area contributed by atoms with E-state index in [4.69, 9.17) is 0 Å². The van der Waals surface area contributed by atoms with E-state index in [2.05, 4.69) is 20.4 Å². The molecule has 0 spiro atoms. The highest BCUT2D eigenvalue weighted by Crippen LogP contribution is 2.19. The average molecular weight is 182 g/mol. The van der Waals surface area contributed by atoms with Gasteiger partial charge in [-0.3, -0.25) is 0 Å². The third-order valence-electron chi connectivity index (χ3n) is 2.18. The average Bonchev–Trinajstić information content (AvgIpc) is 2.29. The summed E-state index contributed by atoms with van der Waals surface area (Å²) in [6.45, 7) is 0. The number of nitrogens with zero attached hydrogens (tertiary/aromatic N) is 4. The van der Waals surface area contributed by atoms with Gasteiger partial charge in [0.15, 0.2) is 0 Å². The minimum atomic E-state index is 0.848. The number of benzene rings is 1. The summed E-state index contributed by atoms with van der Waals surface area (Å²) in [6, 6.07) is 7.74. The first-order chi connectivity index (χ1) is 6.95. The maximum atomic E-state index is 4.09. The summed E-state index contributed by atoms with van der Waals surface area (Å²) >= 11 is 0. The van der Waals surface area contributed by atoms with Crippen LogP contribution in [0.4, 0.5) is 0 Å². The van der Waals surface area contributed by atoms with Gasteiger partial charge in [0.05, 0.1) is 17.9 Å². The lowest BCUT2D eigenvalue weighted by atomic mass is 10.1. The number of aromatic nitrogens is 4. The fraction of sp³-hybridized carbons (Fsp3) is 0. The summed E-state index contributed by atoms with van der Waals surface area (Å²) in [6.07, 6.45) is 3.35. The lowest BCUT2D eigenvalue weighted by molar-refractivity contribution is 1.06. The zero-order valence-electron chi connectivity index (χ0n) is 7.25. The fourth-order valence-corrected chi connectivity index (χ4v) is 1.52. The molecule has 4 nitrogen and oxygen atoms in total. The maximum absolute atomic E-state index is 4.09. The second-order valence-electron chi connectivity index (χ2n) is 3.00. The van der Waals surface area contributed by atoms with Gasteiger partial charge in [-0.2, -0.15) is 15.3 Å². The molecule has 0 unspecified atom stereocenters. The molecule has 1 aromatic carbocycles. The molecular formula is C10H6N4. The Hall–Kier alpha value is -2.10. The van der Waals surface area contributed by atoms with Crippen molar-refractivity contribution in [3.8, 4) is 0 Å². The lowest BCUT2D eigenvalue weighted by Gasteiger charge is -1.98. The molecule has 0 radical (unpaired) electrons. The monoisotopic (exact) mass is 182 g/mol. The third kappa shape index (κ3) is 0.939. The minimum absolute atomic E-state index is 0.848. The Morgan fingerprint density at radius 1 is 0.786 bits per heavy atom. The topological polar surface area (TPSA) is 51.6 Å². The van der Waals surface area contributed by atoms with Gasteiger partial charge in [-0.1, -0.05) is 6.07 Å². The molecule has 3 aromatic rings. The third-order valence-corrected chi connectivity index (χ3v) is 2.18. The van der Waals surface area contributed by atoms with Crippen LogP contribution in [0.3, 0.4) is 0 Å². The first-order valence-electron chi connectivity index (χ1n) is 4.27. The van der Waals surface area contributed by atoms with E-state index >= 15 is 0 Å². The van der Waals surface area contributed by atoms with Crippen molar-refractivity contribution in [1.29, 1.82) is 0 Å². The zero-order chi connectivity index (χ0) is 9.38. The van der Waals surface area contributed by atoms with Crippen molar-refractivity contribution >= 4 is 21.8 Å². The van der Waals surface area contributed by atoms with Crippen molar-refractivity contribution in [3.63, 3.8) is 0 Å². The van der Waals surface area contributed by atoms with Crippen molar-refractivity contribution in [2.75, 3.05) is 0 Å². The van der Waals surface area contributed by atoms with Crippen LogP contribution in [0, 0.1) is 0 Å². The second-order valence-corrected chi connectivity index (χ2v) is 3.00. The summed E-state index contributed by atoms with van der Waals surface area (Å²) in [7, 11) is 0. The van der Waals surface area contributed by atoms with Gasteiger partial charge < -0.3 is 0 Å². The van der Waals surface area contributed by atoms with Gasteiger partial charge in [0.1, 0.15) is 5.52 Å². The molecule has 0 bridgehead atoms. The molecule has 2 aromatic heterocycles. The molecule has 0 aliphatic heterocycles. The van der Waals surface area contributed by atoms with Gasteiger partial charge in [0, 0.05) is 10.8 Å². The molecule has 0 saturated carbocycles. The Morgan fingerprint density at radius 3 is 2.64 bits per heavy atom. The van der Waals surface area contributed by atoms with E-state index in [1.807, 2.05) is 24.3 Å². The van der Waals surface area contributed by atoms with Gasteiger partial charge in [-0.25, -0.2) is 0 Å². The Bertz CT molecular complexity index is 551. The smallest absolute Gasteiger partial charge is 0.102 e. The van der Waals surface area contributed by atoms with Crippen LogP contribution in [0.5, 0.6) is 0 Å². The van der Waals surface area contributed by atoms with Crippen molar-refractivity contribution in [1.82, 2.24) is 20.4 Å². The predicted molar refractivity (Wildman–Crippen MR) is 52.6 cm³/mol. The lowest BCUT2D eigenvalue weighted by Crippen LogP contribution is -1.87. The molecule has 3 rings (SSSR count).